The van der Waals surface area contributed by atoms with E-state index in [9.17, 15) is 4.79 Å². The van der Waals surface area contributed by atoms with Gasteiger partial charge in [0.1, 0.15) is 5.75 Å². The van der Waals surface area contributed by atoms with E-state index in [-0.39, 0.29) is 18.1 Å². The molecule has 2 saturated heterocycles. The summed E-state index contributed by atoms with van der Waals surface area (Å²) in [6.45, 7) is 6.64. The molecule has 1 aromatic rings. The first-order valence-electron chi connectivity index (χ1n) is 9.46. The molecule has 2 aliphatic heterocycles. The lowest BCUT2D eigenvalue weighted by Crippen LogP contribution is -2.43. The van der Waals surface area contributed by atoms with Crippen molar-refractivity contribution in [2.45, 2.75) is 44.8 Å². The molecule has 0 bridgehead atoms. The number of nitrogens with zero attached hydrogens (tertiary/aromatic N) is 2. The molecule has 0 radical (unpaired) electrons. The van der Waals surface area contributed by atoms with Crippen molar-refractivity contribution < 1.29 is 14.3 Å². The van der Waals surface area contributed by atoms with Crippen LogP contribution in [0.25, 0.3) is 0 Å². The Morgan fingerprint density at radius 1 is 1.20 bits per heavy atom. The van der Waals surface area contributed by atoms with Gasteiger partial charge < -0.3 is 19.3 Å². The maximum atomic E-state index is 12.9. The minimum atomic E-state index is 0.164. The quantitative estimate of drug-likeness (QED) is 0.760. The summed E-state index contributed by atoms with van der Waals surface area (Å²) in [5.41, 5.74) is 1.04. The summed E-state index contributed by atoms with van der Waals surface area (Å²) in [6.07, 6.45) is 4.11. The summed E-state index contributed by atoms with van der Waals surface area (Å²) in [7, 11) is 1.75. The van der Waals surface area contributed by atoms with Crippen LogP contribution in [0.5, 0.6) is 5.75 Å². The van der Waals surface area contributed by atoms with Crippen LogP contribution >= 0.6 is 0 Å². The zero-order chi connectivity index (χ0) is 17.6. The Morgan fingerprint density at radius 3 is 2.56 bits per heavy atom. The highest BCUT2D eigenvalue weighted by molar-refractivity contribution is 5.79. The molecule has 2 aliphatic rings. The fraction of sp³-hybridized carbons (Fsp3) is 0.650. The number of amides is 1. The Morgan fingerprint density at radius 2 is 1.92 bits per heavy atom. The molecule has 138 valence electrons. The average molecular weight is 346 g/mol. The van der Waals surface area contributed by atoms with Gasteiger partial charge in [-0.3, -0.25) is 4.79 Å². The Labute approximate surface area is 150 Å². The monoisotopic (exact) mass is 346 g/mol. The van der Waals surface area contributed by atoms with Gasteiger partial charge in [0.15, 0.2) is 0 Å². The predicted molar refractivity (Wildman–Crippen MR) is 97.9 cm³/mol. The number of carbonyl (C=O) groups is 1. The maximum Gasteiger partial charge on any atom is 0.227 e. The minimum Gasteiger partial charge on any atom is -0.494 e. The summed E-state index contributed by atoms with van der Waals surface area (Å²) in [5.74, 6) is 1.05. The molecule has 2 heterocycles. The number of hydrogen-bond acceptors (Lipinski definition) is 4. The first-order chi connectivity index (χ1) is 12.2. The lowest BCUT2D eigenvalue weighted by atomic mass is 10.1. The van der Waals surface area contributed by atoms with Crippen LogP contribution in [0.4, 0.5) is 0 Å². The third kappa shape index (κ3) is 4.73. The van der Waals surface area contributed by atoms with Crippen molar-refractivity contribution in [1.29, 1.82) is 0 Å². The average Bonchev–Trinajstić information content (AvgIpc) is 3.27. The smallest absolute Gasteiger partial charge is 0.227 e. The maximum absolute atomic E-state index is 12.9. The van der Waals surface area contributed by atoms with Crippen LogP contribution in [0.2, 0.25) is 0 Å². The van der Waals surface area contributed by atoms with Crippen molar-refractivity contribution in [3.63, 3.8) is 0 Å². The van der Waals surface area contributed by atoms with Crippen molar-refractivity contribution >= 4 is 5.91 Å². The van der Waals surface area contributed by atoms with Crippen molar-refractivity contribution in [3.05, 3.63) is 29.8 Å². The molecule has 1 amide bonds. The lowest BCUT2D eigenvalue weighted by molar-refractivity contribution is -0.131. The van der Waals surface area contributed by atoms with E-state index in [1.807, 2.05) is 36.1 Å². The molecule has 0 aromatic heterocycles. The Balaban J connectivity index is 1.61. The molecule has 2 atom stereocenters. The van der Waals surface area contributed by atoms with E-state index >= 15 is 0 Å². The van der Waals surface area contributed by atoms with Crippen LogP contribution in [0.3, 0.4) is 0 Å². The molecule has 0 spiro atoms. The molecule has 2 fully saturated rings. The number of likely N-dealkylation sites (tertiary alicyclic amines) is 2. The van der Waals surface area contributed by atoms with E-state index in [1.54, 1.807) is 7.11 Å². The number of methoxy groups -OCH3 is 1. The minimum absolute atomic E-state index is 0.164. The standard InChI is InChI=1S/C20H30N2O3/c1-3-25-18-8-6-16(7-9-18)12-20(23)22-15-19(24-2)13-17(22)14-21-10-4-5-11-21/h6-9,17,19H,3-5,10-15H2,1-2H3/t17-,19-/m0/s1. The third-order valence-electron chi connectivity index (χ3n) is 5.29. The van der Waals surface area contributed by atoms with Gasteiger partial charge in [-0.05, 0) is 57.0 Å². The highest BCUT2D eigenvalue weighted by Crippen LogP contribution is 2.24. The van der Waals surface area contributed by atoms with Crippen LogP contribution in [0.1, 0.15) is 31.7 Å². The lowest BCUT2D eigenvalue weighted by Gasteiger charge is -2.28. The molecule has 1 aromatic carbocycles. The second-order valence-corrected chi connectivity index (χ2v) is 7.05. The zero-order valence-electron chi connectivity index (χ0n) is 15.4. The molecule has 5 nitrogen and oxygen atoms in total. The number of carbonyl (C=O) groups excluding carboxylic acids is 1. The topological polar surface area (TPSA) is 42.0 Å². The molecular weight excluding hydrogens is 316 g/mol. The zero-order valence-corrected chi connectivity index (χ0v) is 15.4. The molecule has 3 rings (SSSR count). The van der Waals surface area contributed by atoms with Crippen LogP contribution < -0.4 is 4.74 Å². The van der Waals surface area contributed by atoms with Crippen molar-refractivity contribution in [3.8, 4) is 5.75 Å². The highest BCUT2D eigenvalue weighted by Gasteiger charge is 2.36. The Hall–Kier alpha value is -1.59. The van der Waals surface area contributed by atoms with Gasteiger partial charge >= 0.3 is 0 Å². The molecule has 5 heteroatoms. The molecule has 0 aliphatic carbocycles. The molecule has 0 unspecified atom stereocenters. The van der Waals surface area contributed by atoms with Crippen LogP contribution in [0.15, 0.2) is 24.3 Å². The van der Waals surface area contributed by atoms with E-state index in [2.05, 4.69) is 4.90 Å². The van der Waals surface area contributed by atoms with Crippen LogP contribution in [-0.2, 0) is 16.0 Å². The molecular formula is C20H30N2O3. The van der Waals surface area contributed by atoms with Crippen molar-refractivity contribution in [2.75, 3.05) is 39.9 Å². The third-order valence-corrected chi connectivity index (χ3v) is 5.29. The number of ether oxygens (including phenoxy) is 2. The van der Waals surface area contributed by atoms with E-state index in [1.165, 1.54) is 12.8 Å². The second-order valence-electron chi connectivity index (χ2n) is 7.05. The van der Waals surface area contributed by atoms with Gasteiger partial charge in [-0.15, -0.1) is 0 Å². The van der Waals surface area contributed by atoms with Crippen LogP contribution in [0, 0.1) is 0 Å². The molecule has 0 saturated carbocycles. The predicted octanol–water partition coefficient (Wildman–Crippen LogP) is 2.34. The van der Waals surface area contributed by atoms with Gasteiger partial charge in [0.25, 0.3) is 0 Å². The summed E-state index contributed by atoms with van der Waals surface area (Å²) < 4.78 is 11.0. The summed E-state index contributed by atoms with van der Waals surface area (Å²) >= 11 is 0. The number of hydrogen-bond donors (Lipinski definition) is 0. The number of benzene rings is 1. The number of rotatable bonds is 7. The van der Waals surface area contributed by atoms with Crippen LogP contribution in [-0.4, -0.2) is 67.7 Å². The molecule has 25 heavy (non-hydrogen) atoms. The fourth-order valence-corrected chi connectivity index (χ4v) is 3.93. The first kappa shape index (κ1) is 18.2. The van der Waals surface area contributed by atoms with E-state index < -0.39 is 0 Å². The Kier molecular flexibility index (Phi) is 6.32. The second kappa shape index (κ2) is 8.68. The van der Waals surface area contributed by atoms with E-state index in [4.69, 9.17) is 9.47 Å². The fourth-order valence-electron chi connectivity index (χ4n) is 3.93. The largest absolute Gasteiger partial charge is 0.494 e. The molecule has 0 N–H and O–H groups in total. The van der Waals surface area contributed by atoms with Gasteiger partial charge in [0, 0.05) is 26.2 Å². The van der Waals surface area contributed by atoms with Gasteiger partial charge in [-0.1, -0.05) is 12.1 Å². The van der Waals surface area contributed by atoms with Gasteiger partial charge in [-0.2, -0.15) is 0 Å². The van der Waals surface area contributed by atoms with E-state index in [0.717, 1.165) is 37.4 Å². The van der Waals surface area contributed by atoms with Gasteiger partial charge in [0.05, 0.1) is 19.1 Å². The van der Waals surface area contributed by atoms with Crippen molar-refractivity contribution in [1.82, 2.24) is 9.80 Å². The van der Waals surface area contributed by atoms with E-state index in [0.29, 0.717) is 19.6 Å². The highest BCUT2D eigenvalue weighted by atomic mass is 16.5. The summed E-state index contributed by atoms with van der Waals surface area (Å²) in [6, 6.07) is 8.13. The summed E-state index contributed by atoms with van der Waals surface area (Å²) in [5, 5.41) is 0. The SMILES string of the molecule is CCOc1ccc(CC(=O)N2C[C@@H](OC)C[C@H]2CN2CCCC2)cc1. The normalized spacial score (nSPS) is 24.0. The summed E-state index contributed by atoms with van der Waals surface area (Å²) in [4.78, 5) is 17.4. The van der Waals surface area contributed by atoms with Gasteiger partial charge in [-0.25, -0.2) is 0 Å². The van der Waals surface area contributed by atoms with Crippen molar-refractivity contribution in [2.24, 2.45) is 0 Å². The first-order valence-corrected chi connectivity index (χ1v) is 9.46. The van der Waals surface area contributed by atoms with Gasteiger partial charge in [0.2, 0.25) is 5.91 Å². The Bertz CT molecular complexity index is 555.